The van der Waals surface area contributed by atoms with Gasteiger partial charge in [-0.15, -0.1) is 0 Å². The Labute approximate surface area is 145 Å². The Hall–Kier alpha value is -3.25. The molecule has 0 atom stereocenters. The second-order valence-corrected chi connectivity index (χ2v) is 5.58. The fourth-order valence-electron chi connectivity index (χ4n) is 2.46. The Morgan fingerprint density at radius 1 is 1.04 bits per heavy atom. The van der Waals surface area contributed by atoms with Crippen molar-refractivity contribution in [3.05, 3.63) is 77.5 Å². The molecule has 3 aromatic rings. The number of carbonyl (C=O) groups is 1. The summed E-state index contributed by atoms with van der Waals surface area (Å²) in [6.45, 7) is 1.12. The maximum atomic E-state index is 11.1. The predicted octanol–water partition coefficient (Wildman–Crippen LogP) is 2.31. The molecule has 6 nitrogen and oxygen atoms in total. The van der Waals surface area contributed by atoms with E-state index in [0.717, 1.165) is 22.4 Å². The lowest BCUT2D eigenvalue weighted by molar-refractivity contribution is 0.100. The van der Waals surface area contributed by atoms with Crippen LogP contribution < -0.4 is 16.8 Å². The van der Waals surface area contributed by atoms with E-state index < -0.39 is 5.91 Å². The zero-order valence-electron chi connectivity index (χ0n) is 13.6. The molecule has 0 aliphatic carbocycles. The number of aromatic nitrogens is 2. The highest BCUT2D eigenvalue weighted by Crippen LogP contribution is 2.18. The van der Waals surface area contributed by atoms with Crippen molar-refractivity contribution in [2.24, 2.45) is 11.5 Å². The van der Waals surface area contributed by atoms with Gasteiger partial charge < -0.3 is 16.8 Å². The molecule has 2 aromatic carbocycles. The number of rotatable bonds is 6. The van der Waals surface area contributed by atoms with Crippen molar-refractivity contribution < 1.29 is 4.79 Å². The van der Waals surface area contributed by atoms with Crippen molar-refractivity contribution in [2.75, 3.05) is 5.32 Å². The SMILES string of the molecule is NCc1cccc(CNc2nccc(-c3ccc(C(N)=O)cc3)n2)c1. The van der Waals surface area contributed by atoms with Crippen LogP contribution in [0.3, 0.4) is 0 Å². The Balaban J connectivity index is 1.73. The molecule has 0 fully saturated rings. The van der Waals surface area contributed by atoms with E-state index in [1.807, 2.05) is 36.4 Å². The van der Waals surface area contributed by atoms with E-state index in [2.05, 4.69) is 21.4 Å². The fraction of sp³-hybridized carbons (Fsp3) is 0.105. The number of benzene rings is 2. The number of carbonyl (C=O) groups excluding carboxylic acids is 1. The Morgan fingerprint density at radius 2 is 1.80 bits per heavy atom. The van der Waals surface area contributed by atoms with Crippen LogP contribution in [0.4, 0.5) is 5.95 Å². The van der Waals surface area contributed by atoms with E-state index >= 15 is 0 Å². The molecule has 0 saturated heterocycles. The minimum atomic E-state index is -0.448. The van der Waals surface area contributed by atoms with Crippen LogP contribution in [-0.4, -0.2) is 15.9 Å². The molecule has 25 heavy (non-hydrogen) atoms. The monoisotopic (exact) mass is 333 g/mol. The molecule has 0 saturated carbocycles. The van der Waals surface area contributed by atoms with Crippen molar-refractivity contribution >= 4 is 11.9 Å². The average Bonchev–Trinajstić information content (AvgIpc) is 2.67. The van der Waals surface area contributed by atoms with E-state index in [1.165, 1.54) is 0 Å². The summed E-state index contributed by atoms with van der Waals surface area (Å²) in [6.07, 6.45) is 1.70. The van der Waals surface area contributed by atoms with Crippen LogP contribution in [-0.2, 0) is 13.1 Å². The smallest absolute Gasteiger partial charge is 0.248 e. The van der Waals surface area contributed by atoms with Crippen LogP contribution in [0, 0.1) is 0 Å². The van der Waals surface area contributed by atoms with E-state index in [4.69, 9.17) is 11.5 Å². The maximum absolute atomic E-state index is 11.1. The molecule has 0 radical (unpaired) electrons. The quantitative estimate of drug-likeness (QED) is 0.642. The van der Waals surface area contributed by atoms with Crippen molar-refractivity contribution in [3.63, 3.8) is 0 Å². The molecule has 0 aliphatic heterocycles. The molecule has 6 heteroatoms. The van der Waals surface area contributed by atoms with Crippen LogP contribution >= 0.6 is 0 Å². The van der Waals surface area contributed by atoms with Gasteiger partial charge in [0, 0.05) is 30.4 Å². The number of nitrogens with zero attached hydrogens (tertiary/aromatic N) is 2. The Kier molecular flexibility index (Phi) is 5.01. The first kappa shape index (κ1) is 16.6. The van der Waals surface area contributed by atoms with Gasteiger partial charge in [-0.05, 0) is 29.3 Å². The first-order valence-electron chi connectivity index (χ1n) is 7.91. The third kappa shape index (κ3) is 4.19. The Morgan fingerprint density at radius 3 is 2.52 bits per heavy atom. The van der Waals surface area contributed by atoms with Crippen molar-refractivity contribution in [2.45, 2.75) is 13.1 Å². The number of hydrogen-bond acceptors (Lipinski definition) is 5. The summed E-state index contributed by atoms with van der Waals surface area (Å²) in [7, 11) is 0. The highest BCUT2D eigenvalue weighted by Gasteiger charge is 2.05. The number of anilines is 1. The molecular formula is C19H19N5O. The van der Waals surface area contributed by atoms with Crippen LogP contribution in [0.2, 0.25) is 0 Å². The highest BCUT2D eigenvalue weighted by atomic mass is 16.1. The second kappa shape index (κ2) is 7.55. The van der Waals surface area contributed by atoms with Crippen LogP contribution in [0.15, 0.2) is 60.8 Å². The molecule has 5 N–H and O–H groups in total. The number of nitrogens with one attached hydrogen (secondary N) is 1. The number of primary amides is 1. The van der Waals surface area contributed by atoms with Gasteiger partial charge in [0.15, 0.2) is 0 Å². The second-order valence-electron chi connectivity index (χ2n) is 5.58. The summed E-state index contributed by atoms with van der Waals surface area (Å²) < 4.78 is 0. The van der Waals surface area contributed by atoms with E-state index in [1.54, 1.807) is 18.3 Å². The lowest BCUT2D eigenvalue weighted by Gasteiger charge is -2.08. The summed E-state index contributed by atoms with van der Waals surface area (Å²) in [5, 5.41) is 3.21. The van der Waals surface area contributed by atoms with Gasteiger partial charge >= 0.3 is 0 Å². The zero-order chi connectivity index (χ0) is 17.6. The van der Waals surface area contributed by atoms with Gasteiger partial charge in [-0.3, -0.25) is 4.79 Å². The molecule has 1 amide bonds. The summed E-state index contributed by atoms with van der Waals surface area (Å²) >= 11 is 0. The first-order chi connectivity index (χ1) is 12.2. The average molecular weight is 333 g/mol. The lowest BCUT2D eigenvalue weighted by atomic mass is 10.1. The highest BCUT2D eigenvalue weighted by molar-refractivity contribution is 5.93. The van der Waals surface area contributed by atoms with Crippen LogP contribution in [0.5, 0.6) is 0 Å². The number of nitrogens with two attached hydrogens (primary N) is 2. The summed E-state index contributed by atoms with van der Waals surface area (Å²) in [5.41, 5.74) is 15.3. The normalized spacial score (nSPS) is 10.4. The van der Waals surface area contributed by atoms with Gasteiger partial charge in [0.25, 0.3) is 0 Å². The van der Waals surface area contributed by atoms with Crippen molar-refractivity contribution in [1.82, 2.24) is 9.97 Å². The molecule has 0 spiro atoms. The molecule has 1 aromatic heterocycles. The molecule has 0 unspecified atom stereocenters. The summed E-state index contributed by atoms with van der Waals surface area (Å²) in [6, 6.07) is 16.9. The predicted molar refractivity (Wildman–Crippen MR) is 97.6 cm³/mol. The molecule has 126 valence electrons. The van der Waals surface area contributed by atoms with Crippen LogP contribution in [0.25, 0.3) is 11.3 Å². The van der Waals surface area contributed by atoms with Gasteiger partial charge in [0.2, 0.25) is 11.9 Å². The van der Waals surface area contributed by atoms with E-state index in [9.17, 15) is 4.79 Å². The molecule has 1 heterocycles. The molecule has 3 rings (SSSR count). The number of hydrogen-bond donors (Lipinski definition) is 3. The summed E-state index contributed by atoms with van der Waals surface area (Å²) in [5.74, 6) is 0.0888. The third-order valence-electron chi connectivity index (χ3n) is 3.80. The van der Waals surface area contributed by atoms with Crippen molar-refractivity contribution in [3.8, 4) is 11.3 Å². The maximum Gasteiger partial charge on any atom is 0.248 e. The minimum Gasteiger partial charge on any atom is -0.366 e. The topological polar surface area (TPSA) is 107 Å². The van der Waals surface area contributed by atoms with E-state index in [0.29, 0.717) is 24.6 Å². The van der Waals surface area contributed by atoms with Crippen LogP contribution in [0.1, 0.15) is 21.5 Å². The van der Waals surface area contributed by atoms with Gasteiger partial charge in [-0.1, -0.05) is 36.4 Å². The summed E-state index contributed by atoms with van der Waals surface area (Å²) in [4.78, 5) is 19.9. The molecule has 0 bridgehead atoms. The van der Waals surface area contributed by atoms with E-state index in [-0.39, 0.29) is 0 Å². The number of amides is 1. The zero-order valence-corrected chi connectivity index (χ0v) is 13.6. The largest absolute Gasteiger partial charge is 0.366 e. The van der Waals surface area contributed by atoms with Crippen molar-refractivity contribution in [1.29, 1.82) is 0 Å². The fourth-order valence-corrected chi connectivity index (χ4v) is 2.46. The van der Waals surface area contributed by atoms with Gasteiger partial charge in [0.1, 0.15) is 0 Å². The van der Waals surface area contributed by atoms with Gasteiger partial charge in [0.05, 0.1) is 5.69 Å². The van der Waals surface area contributed by atoms with Gasteiger partial charge in [-0.2, -0.15) is 0 Å². The lowest BCUT2D eigenvalue weighted by Crippen LogP contribution is -2.10. The minimum absolute atomic E-state index is 0.448. The molecule has 0 aliphatic rings. The Bertz CT molecular complexity index is 877. The van der Waals surface area contributed by atoms with Gasteiger partial charge in [-0.25, -0.2) is 9.97 Å². The third-order valence-corrected chi connectivity index (χ3v) is 3.80. The standard InChI is InChI=1S/C19H19N5O/c20-11-13-2-1-3-14(10-13)12-23-19-22-9-8-17(24-19)15-4-6-16(7-5-15)18(21)25/h1-10H,11-12,20H2,(H2,21,25)(H,22,23,24). The molecular weight excluding hydrogens is 314 g/mol. The first-order valence-corrected chi connectivity index (χ1v) is 7.91.